The monoisotopic (exact) mass is 270 g/mol. The van der Waals surface area contributed by atoms with Gasteiger partial charge in [-0.05, 0) is 24.3 Å². The van der Waals surface area contributed by atoms with Crippen LogP contribution in [0.5, 0.6) is 0 Å². The number of hydrogen-bond donors (Lipinski definition) is 6. The van der Waals surface area contributed by atoms with Gasteiger partial charge < -0.3 is 22.1 Å². The molecule has 20 heavy (non-hydrogen) atoms. The number of guanidine groups is 2. The number of nitrogens with one attached hydrogen (secondary N) is 4. The minimum absolute atomic E-state index is 0.261. The molecule has 0 aromatic heterocycles. The predicted molar refractivity (Wildman–Crippen MR) is 84.0 cm³/mol. The Bertz CT molecular complexity index is 491. The van der Waals surface area contributed by atoms with Gasteiger partial charge in [-0.25, -0.2) is 0 Å². The summed E-state index contributed by atoms with van der Waals surface area (Å²) in [6.07, 6.45) is 0. The van der Waals surface area contributed by atoms with Gasteiger partial charge in [0.2, 0.25) is 0 Å². The molecule has 2 rings (SSSR count). The van der Waals surface area contributed by atoms with Crippen molar-refractivity contribution in [2.75, 3.05) is 10.6 Å². The van der Waals surface area contributed by atoms with Crippen LogP contribution in [0, 0.1) is 10.8 Å². The lowest BCUT2D eigenvalue weighted by atomic mass is 10.3. The second-order valence-electron chi connectivity index (χ2n) is 3.81. The first-order chi connectivity index (χ1) is 9.58. The van der Waals surface area contributed by atoms with E-state index in [1.807, 2.05) is 60.7 Å². The lowest BCUT2D eigenvalue weighted by molar-refractivity contribution is 1.39. The predicted octanol–water partition coefficient (Wildman–Crippen LogP) is 1.98. The molecule has 0 bridgehead atoms. The second kappa shape index (κ2) is 8.15. The molecular weight excluding hydrogens is 252 g/mol. The molecule has 0 amide bonds. The van der Waals surface area contributed by atoms with Gasteiger partial charge in [0.1, 0.15) is 0 Å². The number of nitrogens with two attached hydrogens (primary N) is 2. The summed E-state index contributed by atoms with van der Waals surface area (Å²) in [6.45, 7) is 0. The number of anilines is 2. The number of para-hydroxylation sites is 2. The zero-order valence-electron chi connectivity index (χ0n) is 10.9. The molecule has 0 radical (unpaired) electrons. The van der Waals surface area contributed by atoms with Crippen LogP contribution in [-0.2, 0) is 0 Å². The topological polar surface area (TPSA) is 124 Å². The third kappa shape index (κ3) is 6.65. The SMILES string of the molecule is N=C(N)N.N=C(Nc1ccccc1)Nc1ccccc1. The average molecular weight is 270 g/mol. The fourth-order valence-electron chi connectivity index (χ4n) is 1.36. The highest BCUT2D eigenvalue weighted by Gasteiger charge is 1.96. The quantitative estimate of drug-likeness (QED) is 0.369. The largest absolute Gasteiger partial charge is 0.370 e. The summed E-state index contributed by atoms with van der Waals surface area (Å²) < 4.78 is 0. The summed E-state index contributed by atoms with van der Waals surface area (Å²) in [7, 11) is 0. The minimum atomic E-state index is -0.333. The molecule has 0 aliphatic carbocycles. The summed E-state index contributed by atoms with van der Waals surface area (Å²) >= 11 is 0. The molecule has 0 aliphatic rings. The highest BCUT2D eigenvalue weighted by Crippen LogP contribution is 2.07. The van der Waals surface area contributed by atoms with E-state index in [4.69, 9.17) is 10.8 Å². The van der Waals surface area contributed by atoms with E-state index < -0.39 is 0 Å². The Hall–Kier alpha value is -3.02. The van der Waals surface area contributed by atoms with Gasteiger partial charge in [0.05, 0.1) is 0 Å². The van der Waals surface area contributed by atoms with Crippen molar-refractivity contribution in [2.45, 2.75) is 0 Å². The van der Waals surface area contributed by atoms with Crippen LogP contribution in [0.1, 0.15) is 0 Å². The van der Waals surface area contributed by atoms with Crippen molar-refractivity contribution in [1.29, 1.82) is 10.8 Å². The van der Waals surface area contributed by atoms with Crippen LogP contribution in [0.15, 0.2) is 60.7 Å². The van der Waals surface area contributed by atoms with E-state index in [-0.39, 0.29) is 11.9 Å². The van der Waals surface area contributed by atoms with Gasteiger partial charge in [0, 0.05) is 11.4 Å². The van der Waals surface area contributed by atoms with Crippen molar-refractivity contribution in [3.05, 3.63) is 60.7 Å². The van der Waals surface area contributed by atoms with Crippen LogP contribution in [0.2, 0.25) is 0 Å². The van der Waals surface area contributed by atoms with Crippen molar-refractivity contribution in [1.82, 2.24) is 0 Å². The van der Waals surface area contributed by atoms with E-state index in [1.165, 1.54) is 0 Å². The molecule has 2 aromatic rings. The average Bonchev–Trinajstić information content (AvgIpc) is 2.40. The molecule has 0 atom stereocenters. The number of rotatable bonds is 2. The van der Waals surface area contributed by atoms with Crippen molar-refractivity contribution in [3.63, 3.8) is 0 Å². The van der Waals surface area contributed by atoms with E-state index in [9.17, 15) is 0 Å². The van der Waals surface area contributed by atoms with Crippen molar-refractivity contribution >= 4 is 23.3 Å². The third-order valence-electron chi connectivity index (χ3n) is 2.09. The highest BCUT2D eigenvalue weighted by molar-refractivity contribution is 6.01. The first-order valence-electron chi connectivity index (χ1n) is 5.90. The van der Waals surface area contributed by atoms with Crippen LogP contribution in [-0.4, -0.2) is 11.9 Å². The van der Waals surface area contributed by atoms with Gasteiger partial charge in [0.15, 0.2) is 11.9 Å². The summed E-state index contributed by atoms with van der Waals surface area (Å²) in [5.74, 6) is -0.0719. The normalized spacial score (nSPS) is 8.80. The van der Waals surface area contributed by atoms with Crippen LogP contribution in [0.25, 0.3) is 0 Å². The second-order valence-corrected chi connectivity index (χ2v) is 3.81. The smallest absolute Gasteiger partial charge is 0.197 e. The Labute approximate surface area is 117 Å². The first-order valence-corrected chi connectivity index (χ1v) is 5.90. The van der Waals surface area contributed by atoms with Crippen molar-refractivity contribution in [3.8, 4) is 0 Å². The van der Waals surface area contributed by atoms with Gasteiger partial charge in [-0.2, -0.15) is 0 Å². The molecule has 6 heteroatoms. The van der Waals surface area contributed by atoms with E-state index in [0.717, 1.165) is 11.4 Å². The molecule has 8 N–H and O–H groups in total. The Morgan fingerprint density at radius 2 is 1.00 bits per heavy atom. The highest BCUT2D eigenvalue weighted by atomic mass is 15.1. The van der Waals surface area contributed by atoms with E-state index in [2.05, 4.69) is 22.1 Å². The molecule has 0 saturated heterocycles. The van der Waals surface area contributed by atoms with Gasteiger partial charge in [0.25, 0.3) is 0 Å². The van der Waals surface area contributed by atoms with Gasteiger partial charge in [-0.3, -0.25) is 10.8 Å². The van der Waals surface area contributed by atoms with E-state index in [1.54, 1.807) is 0 Å². The minimum Gasteiger partial charge on any atom is -0.370 e. The van der Waals surface area contributed by atoms with Gasteiger partial charge in [-0.1, -0.05) is 36.4 Å². The van der Waals surface area contributed by atoms with E-state index in [0.29, 0.717) is 0 Å². The summed E-state index contributed by atoms with van der Waals surface area (Å²) in [5.41, 5.74) is 10.7. The van der Waals surface area contributed by atoms with E-state index >= 15 is 0 Å². The molecule has 0 aliphatic heterocycles. The maximum atomic E-state index is 7.74. The molecule has 0 spiro atoms. The fourth-order valence-corrected chi connectivity index (χ4v) is 1.36. The van der Waals surface area contributed by atoms with Gasteiger partial charge >= 0.3 is 0 Å². The van der Waals surface area contributed by atoms with Crippen molar-refractivity contribution in [2.24, 2.45) is 11.5 Å². The molecular formula is C14H18N6. The summed E-state index contributed by atoms with van der Waals surface area (Å²) in [4.78, 5) is 0. The molecule has 0 saturated carbocycles. The molecule has 0 heterocycles. The standard InChI is InChI=1S/C13H13N3.CH5N3/c14-13(15-11-7-3-1-4-8-11)16-12-9-5-2-6-10-12;2-1(3)4/h1-10H,(H3,14,15,16);(H5,2,3,4). The Morgan fingerprint density at radius 3 is 1.30 bits per heavy atom. The third-order valence-corrected chi connectivity index (χ3v) is 2.09. The zero-order chi connectivity index (χ0) is 14.8. The Morgan fingerprint density at radius 1 is 0.700 bits per heavy atom. The maximum absolute atomic E-state index is 7.74. The summed E-state index contributed by atoms with van der Waals surface area (Å²) in [5, 5.41) is 19.7. The van der Waals surface area contributed by atoms with Crippen LogP contribution in [0.3, 0.4) is 0 Å². The Balaban J connectivity index is 0.000000444. The zero-order valence-corrected chi connectivity index (χ0v) is 10.9. The lowest BCUT2D eigenvalue weighted by Crippen LogP contribution is -2.20. The number of hydrogen-bond acceptors (Lipinski definition) is 2. The molecule has 104 valence electrons. The van der Waals surface area contributed by atoms with Crippen LogP contribution >= 0.6 is 0 Å². The molecule has 0 unspecified atom stereocenters. The lowest BCUT2D eigenvalue weighted by Gasteiger charge is -2.09. The van der Waals surface area contributed by atoms with Gasteiger partial charge in [-0.15, -0.1) is 0 Å². The summed E-state index contributed by atoms with van der Waals surface area (Å²) in [6, 6.07) is 19.3. The maximum Gasteiger partial charge on any atom is 0.197 e. The first kappa shape index (κ1) is 15.0. The molecule has 0 fully saturated rings. The fraction of sp³-hybridized carbons (Fsp3) is 0. The molecule has 2 aromatic carbocycles. The van der Waals surface area contributed by atoms with Crippen LogP contribution < -0.4 is 22.1 Å². The molecule has 6 nitrogen and oxygen atoms in total. The van der Waals surface area contributed by atoms with Crippen LogP contribution in [0.4, 0.5) is 11.4 Å². The Kier molecular flexibility index (Phi) is 6.13. The van der Waals surface area contributed by atoms with Crippen molar-refractivity contribution < 1.29 is 0 Å². The number of benzene rings is 2.